The van der Waals surface area contributed by atoms with Crippen LogP contribution >= 0.6 is 0 Å². The second kappa shape index (κ2) is 7.50. The van der Waals surface area contributed by atoms with Crippen LogP contribution in [0.4, 0.5) is 5.69 Å². The number of nitriles is 1. The van der Waals surface area contributed by atoms with E-state index in [1.807, 2.05) is 30.3 Å². The van der Waals surface area contributed by atoms with Crippen LogP contribution in [0.5, 0.6) is 0 Å². The number of hydrogen-bond acceptors (Lipinski definition) is 4. The summed E-state index contributed by atoms with van der Waals surface area (Å²) in [7, 11) is 1.29. The fourth-order valence-corrected chi connectivity index (χ4v) is 2.52. The number of nitrogen functional groups attached to an aromatic ring is 1. The zero-order chi connectivity index (χ0) is 16.8. The predicted octanol–water partition coefficient (Wildman–Crippen LogP) is 3.45. The van der Waals surface area contributed by atoms with E-state index in [0.29, 0.717) is 0 Å². The number of aromatic nitrogens is 1. The maximum Gasteiger partial charge on any atom is 0.357 e. The van der Waals surface area contributed by atoms with Crippen molar-refractivity contribution in [2.75, 3.05) is 12.8 Å². The summed E-state index contributed by atoms with van der Waals surface area (Å²) >= 11 is 0. The van der Waals surface area contributed by atoms with Crippen molar-refractivity contribution < 1.29 is 9.53 Å². The third kappa shape index (κ3) is 3.54. The number of carbonyl (C=O) groups excluding carboxylic acids is 1. The Morgan fingerprint density at radius 2 is 2.00 bits per heavy atom. The predicted molar refractivity (Wildman–Crippen MR) is 89.5 cm³/mol. The molecule has 0 saturated heterocycles. The molecule has 120 valence electrons. The molecular weight excluding hydrogens is 290 g/mol. The van der Waals surface area contributed by atoms with Crippen LogP contribution in [0.2, 0.25) is 0 Å². The molecule has 0 atom stereocenters. The summed E-state index contributed by atoms with van der Waals surface area (Å²) in [5, 5.41) is 9.13. The molecule has 0 spiro atoms. The van der Waals surface area contributed by atoms with Crippen molar-refractivity contribution in [3.8, 4) is 11.8 Å². The summed E-state index contributed by atoms with van der Waals surface area (Å²) in [6.45, 7) is 2.18. The SMILES string of the molecule is CCCCCc1ccc(-n2cc(C#N)c(N)c2C(=O)OC)cc1. The maximum absolute atomic E-state index is 12.0. The molecule has 2 aromatic rings. The maximum atomic E-state index is 12.0. The molecule has 5 nitrogen and oxygen atoms in total. The second-order valence-electron chi connectivity index (χ2n) is 5.40. The van der Waals surface area contributed by atoms with Gasteiger partial charge in [0.2, 0.25) is 0 Å². The van der Waals surface area contributed by atoms with Crippen molar-refractivity contribution in [2.45, 2.75) is 32.6 Å². The molecule has 0 aliphatic carbocycles. The second-order valence-corrected chi connectivity index (χ2v) is 5.40. The first-order valence-corrected chi connectivity index (χ1v) is 7.70. The summed E-state index contributed by atoms with van der Waals surface area (Å²) in [5.74, 6) is -0.559. The van der Waals surface area contributed by atoms with Gasteiger partial charge in [-0.15, -0.1) is 0 Å². The molecule has 0 unspecified atom stereocenters. The molecule has 0 saturated carbocycles. The number of nitrogens with two attached hydrogens (primary N) is 1. The number of unbranched alkanes of at least 4 members (excludes halogenated alkanes) is 2. The number of hydrogen-bond donors (Lipinski definition) is 1. The van der Waals surface area contributed by atoms with Gasteiger partial charge in [-0.1, -0.05) is 31.9 Å². The number of ether oxygens (including phenoxy) is 1. The minimum atomic E-state index is -0.559. The van der Waals surface area contributed by atoms with E-state index >= 15 is 0 Å². The fraction of sp³-hybridized carbons (Fsp3) is 0.333. The first kappa shape index (κ1) is 16.6. The number of esters is 1. The van der Waals surface area contributed by atoms with Gasteiger partial charge < -0.3 is 15.0 Å². The Morgan fingerprint density at radius 1 is 1.30 bits per heavy atom. The highest BCUT2D eigenvalue weighted by Crippen LogP contribution is 2.25. The Kier molecular flexibility index (Phi) is 5.42. The van der Waals surface area contributed by atoms with Crippen LogP contribution in [0.1, 0.15) is 47.8 Å². The van der Waals surface area contributed by atoms with Crippen LogP contribution in [0.3, 0.4) is 0 Å². The number of anilines is 1. The van der Waals surface area contributed by atoms with Crippen molar-refractivity contribution in [1.82, 2.24) is 4.57 Å². The molecule has 0 bridgehead atoms. The van der Waals surface area contributed by atoms with Crippen molar-refractivity contribution in [3.05, 3.63) is 47.3 Å². The summed E-state index contributed by atoms with van der Waals surface area (Å²) in [6, 6.07) is 9.92. The van der Waals surface area contributed by atoms with Gasteiger partial charge in [0.1, 0.15) is 6.07 Å². The Labute approximate surface area is 136 Å². The van der Waals surface area contributed by atoms with Gasteiger partial charge in [0, 0.05) is 11.9 Å². The molecule has 2 rings (SSSR count). The van der Waals surface area contributed by atoms with Crippen LogP contribution in [-0.2, 0) is 11.2 Å². The first-order chi connectivity index (χ1) is 11.1. The van der Waals surface area contributed by atoms with E-state index in [0.717, 1.165) is 18.5 Å². The third-order valence-electron chi connectivity index (χ3n) is 3.83. The average molecular weight is 311 g/mol. The third-order valence-corrected chi connectivity index (χ3v) is 3.83. The summed E-state index contributed by atoms with van der Waals surface area (Å²) < 4.78 is 6.38. The zero-order valence-electron chi connectivity index (χ0n) is 13.5. The van der Waals surface area contributed by atoms with Crippen LogP contribution in [0.25, 0.3) is 5.69 Å². The van der Waals surface area contributed by atoms with E-state index in [9.17, 15) is 4.79 Å². The first-order valence-electron chi connectivity index (χ1n) is 7.70. The topological polar surface area (TPSA) is 81.0 Å². The van der Waals surface area contributed by atoms with Crippen molar-refractivity contribution in [3.63, 3.8) is 0 Å². The van der Waals surface area contributed by atoms with E-state index in [1.54, 1.807) is 10.8 Å². The van der Waals surface area contributed by atoms with Gasteiger partial charge in [0.15, 0.2) is 5.69 Å². The Hall–Kier alpha value is -2.74. The zero-order valence-corrected chi connectivity index (χ0v) is 13.5. The summed E-state index contributed by atoms with van der Waals surface area (Å²) in [4.78, 5) is 12.0. The van der Waals surface area contributed by atoms with Crippen LogP contribution in [0.15, 0.2) is 30.5 Å². The van der Waals surface area contributed by atoms with E-state index in [-0.39, 0.29) is 16.9 Å². The Morgan fingerprint density at radius 3 is 2.57 bits per heavy atom. The van der Waals surface area contributed by atoms with Gasteiger partial charge in [0.25, 0.3) is 0 Å². The number of nitrogens with zero attached hydrogens (tertiary/aromatic N) is 2. The lowest BCUT2D eigenvalue weighted by molar-refractivity contribution is 0.0593. The van der Waals surface area contributed by atoms with E-state index in [2.05, 4.69) is 6.92 Å². The number of aryl methyl sites for hydroxylation is 1. The van der Waals surface area contributed by atoms with Crippen molar-refractivity contribution >= 4 is 11.7 Å². The molecule has 1 aromatic heterocycles. The fourth-order valence-electron chi connectivity index (χ4n) is 2.52. The smallest absolute Gasteiger partial charge is 0.357 e. The Bertz CT molecular complexity index is 724. The largest absolute Gasteiger partial charge is 0.464 e. The number of carbonyl (C=O) groups is 1. The van der Waals surface area contributed by atoms with Gasteiger partial charge in [-0.05, 0) is 30.5 Å². The van der Waals surface area contributed by atoms with Crippen molar-refractivity contribution in [2.24, 2.45) is 0 Å². The minimum Gasteiger partial charge on any atom is -0.464 e. The normalized spacial score (nSPS) is 10.3. The summed E-state index contributed by atoms with van der Waals surface area (Å²) in [5.41, 5.74) is 8.51. The van der Waals surface area contributed by atoms with E-state index in [4.69, 9.17) is 15.7 Å². The molecule has 0 radical (unpaired) electrons. The van der Waals surface area contributed by atoms with Crippen LogP contribution in [-0.4, -0.2) is 17.6 Å². The monoisotopic (exact) mass is 311 g/mol. The standard InChI is InChI=1S/C18H21N3O2/c1-3-4-5-6-13-7-9-15(10-8-13)21-12-14(11-19)16(20)17(21)18(22)23-2/h7-10,12H,3-6,20H2,1-2H3. The Balaban J connectivity index is 2.34. The average Bonchev–Trinajstić information content (AvgIpc) is 2.91. The molecular formula is C18H21N3O2. The molecule has 1 aromatic carbocycles. The lowest BCUT2D eigenvalue weighted by Crippen LogP contribution is -2.11. The van der Waals surface area contributed by atoms with Crippen molar-refractivity contribution in [1.29, 1.82) is 5.26 Å². The number of benzene rings is 1. The highest BCUT2D eigenvalue weighted by Gasteiger charge is 2.21. The van der Waals surface area contributed by atoms with Crippen LogP contribution < -0.4 is 5.73 Å². The molecule has 2 N–H and O–H groups in total. The molecule has 5 heteroatoms. The van der Waals surface area contributed by atoms with Gasteiger partial charge >= 0.3 is 5.97 Å². The van der Waals surface area contributed by atoms with Gasteiger partial charge in [-0.3, -0.25) is 0 Å². The lowest BCUT2D eigenvalue weighted by atomic mass is 10.1. The van der Waals surface area contributed by atoms with E-state index < -0.39 is 5.97 Å². The molecule has 0 aliphatic rings. The lowest BCUT2D eigenvalue weighted by Gasteiger charge is -2.09. The van der Waals surface area contributed by atoms with Gasteiger partial charge in [-0.25, -0.2) is 4.79 Å². The molecule has 1 heterocycles. The molecule has 23 heavy (non-hydrogen) atoms. The number of methoxy groups -OCH3 is 1. The van der Waals surface area contributed by atoms with Gasteiger partial charge in [0.05, 0.1) is 18.4 Å². The van der Waals surface area contributed by atoms with Crippen LogP contribution in [0, 0.1) is 11.3 Å². The van der Waals surface area contributed by atoms with Gasteiger partial charge in [-0.2, -0.15) is 5.26 Å². The highest BCUT2D eigenvalue weighted by atomic mass is 16.5. The van der Waals surface area contributed by atoms with E-state index in [1.165, 1.54) is 25.5 Å². The molecule has 0 amide bonds. The molecule has 0 fully saturated rings. The number of rotatable bonds is 6. The minimum absolute atomic E-state index is 0.145. The molecule has 0 aliphatic heterocycles. The highest BCUT2D eigenvalue weighted by molar-refractivity contribution is 5.95. The summed E-state index contributed by atoms with van der Waals surface area (Å²) in [6.07, 6.45) is 6.18. The quantitative estimate of drug-likeness (QED) is 0.654.